The highest BCUT2D eigenvalue weighted by Gasteiger charge is 2.38. The van der Waals surface area contributed by atoms with Gasteiger partial charge in [-0.25, -0.2) is 23.7 Å². The highest BCUT2D eigenvalue weighted by molar-refractivity contribution is 5.76. The van der Waals surface area contributed by atoms with E-state index in [0.29, 0.717) is 18.3 Å². The molecule has 2 aliphatic heterocycles. The molecule has 2 aromatic rings. The van der Waals surface area contributed by atoms with E-state index < -0.39 is 18.4 Å². The smallest absolute Gasteiger partial charge is 0.325 e. The zero-order chi connectivity index (χ0) is 26.5. The van der Waals surface area contributed by atoms with Gasteiger partial charge in [-0.3, -0.25) is 9.69 Å². The van der Waals surface area contributed by atoms with E-state index in [2.05, 4.69) is 26.3 Å². The van der Waals surface area contributed by atoms with Gasteiger partial charge in [0.25, 0.3) is 0 Å². The van der Waals surface area contributed by atoms with Crippen molar-refractivity contribution in [2.75, 3.05) is 25.0 Å². The molecule has 38 heavy (non-hydrogen) atoms. The molecular weight excluding hydrogens is 488 g/mol. The molecule has 2 saturated carbocycles. The molecular formula is C29H39F2N5O2. The van der Waals surface area contributed by atoms with Crippen molar-refractivity contribution >= 4 is 11.8 Å². The van der Waals surface area contributed by atoms with Crippen LogP contribution >= 0.6 is 0 Å². The molecule has 0 bridgehead atoms. The van der Waals surface area contributed by atoms with Crippen LogP contribution in [0.25, 0.3) is 0 Å². The Labute approximate surface area is 223 Å². The second-order valence-corrected chi connectivity index (χ2v) is 11.1. The number of rotatable bonds is 10. The zero-order valence-corrected chi connectivity index (χ0v) is 22.0. The van der Waals surface area contributed by atoms with Crippen molar-refractivity contribution in [1.29, 1.82) is 0 Å². The number of carbonyl (C=O) groups is 1. The van der Waals surface area contributed by atoms with E-state index in [4.69, 9.17) is 4.98 Å². The Hall–Kier alpha value is -2.68. The number of alkyl halides is 2. The molecule has 206 valence electrons. The first-order chi connectivity index (χ1) is 18.5. The van der Waals surface area contributed by atoms with Gasteiger partial charge in [0.05, 0.1) is 5.69 Å². The molecule has 9 heteroatoms. The molecule has 0 radical (unpaired) electrons. The Morgan fingerprint density at radius 1 is 1.05 bits per heavy atom. The molecule has 2 aromatic heterocycles. The Bertz CT molecular complexity index is 1100. The molecule has 6 rings (SSSR count). The number of halogens is 2. The van der Waals surface area contributed by atoms with Crippen molar-refractivity contribution in [3.63, 3.8) is 0 Å². The number of nitrogens with zero attached hydrogens (tertiary/aromatic N) is 4. The van der Waals surface area contributed by atoms with E-state index in [-0.39, 0.29) is 6.42 Å². The van der Waals surface area contributed by atoms with Gasteiger partial charge < -0.3 is 10.4 Å². The van der Waals surface area contributed by atoms with Crippen LogP contribution in [0, 0.1) is 0 Å². The number of carboxylic acids is 1. The predicted molar refractivity (Wildman–Crippen MR) is 142 cm³/mol. The summed E-state index contributed by atoms with van der Waals surface area (Å²) in [5.41, 5.74) is 4.14. The minimum Gasteiger partial charge on any atom is -0.480 e. The fraction of sp³-hybridized carbons (Fsp3) is 0.655. The topological polar surface area (TPSA) is 91.2 Å². The van der Waals surface area contributed by atoms with E-state index in [0.717, 1.165) is 99.6 Å². The SMILES string of the molecule is FC(F)CCCCc1ccc2c(n1)NCCC2.O=C(O)C(c1cnc(C2CC2)nc1C1CC1)N1CCCC1. The van der Waals surface area contributed by atoms with E-state index >= 15 is 0 Å². The summed E-state index contributed by atoms with van der Waals surface area (Å²) >= 11 is 0. The van der Waals surface area contributed by atoms with Crippen LogP contribution in [0.4, 0.5) is 14.6 Å². The molecule has 7 nitrogen and oxygen atoms in total. The van der Waals surface area contributed by atoms with Crippen LogP contribution in [-0.2, 0) is 17.6 Å². The van der Waals surface area contributed by atoms with Crippen molar-refractivity contribution in [3.05, 3.63) is 46.7 Å². The maximum absolute atomic E-state index is 12.0. The highest BCUT2D eigenvalue weighted by Crippen LogP contribution is 2.45. The first-order valence-corrected chi connectivity index (χ1v) is 14.3. The van der Waals surface area contributed by atoms with E-state index in [9.17, 15) is 18.7 Å². The third-order valence-corrected chi connectivity index (χ3v) is 7.86. The third kappa shape index (κ3) is 7.04. The van der Waals surface area contributed by atoms with E-state index in [1.807, 2.05) is 12.3 Å². The van der Waals surface area contributed by atoms with Crippen molar-refractivity contribution in [2.24, 2.45) is 0 Å². The van der Waals surface area contributed by atoms with Crippen LogP contribution in [0.5, 0.6) is 0 Å². The molecule has 0 aromatic carbocycles. The third-order valence-electron chi connectivity index (χ3n) is 7.86. The summed E-state index contributed by atoms with van der Waals surface area (Å²) in [6, 6.07) is 3.57. The summed E-state index contributed by atoms with van der Waals surface area (Å²) in [5.74, 6) is 2.15. The standard InChI is InChI=1S/C16H21N3O2.C13H18F2N2/c20-16(21)14(19-7-1-2-8-19)12-9-17-15(11-5-6-11)18-13(12)10-3-4-10;14-12(15)6-2-1-5-11-8-7-10-4-3-9-16-13(10)17-11/h9-11,14H,1-8H2,(H,20,21);7-8,12H,1-6,9H2,(H,16,17). The van der Waals surface area contributed by atoms with Crippen LogP contribution in [0.2, 0.25) is 0 Å². The van der Waals surface area contributed by atoms with E-state index in [1.54, 1.807) is 0 Å². The van der Waals surface area contributed by atoms with Crippen LogP contribution < -0.4 is 5.32 Å². The fourth-order valence-corrected chi connectivity index (χ4v) is 5.45. The minimum absolute atomic E-state index is 0.00317. The normalized spacial score (nSPS) is 19.9. The first-order valence-electron chi connectivity index (χ1n) is 14.3. The van der Waals surface area contributed by atoms with E-state index in [1.165, 1.54) is 18.4 Å². The second kappa shape index (κ2) is 12.5. The van der Waals surface area contributed by atoms with Gasteiger partial charge in [-0.15, -0.1) is 0 Å². The van der Waals surface area contributed by atoms with Gasteiger partial charge in [0.1, 0.15) is 17.7 Å². The molecule has 2 N–H and O–H groups in total. The molecule has 2 aliphatic carbocycles. The lowest BCUT2D eigenvalue weighted by atomic mass is 10.0. The zero-order valence-electron chi connectivity index (χ0n) is 22.0. The maximum atomic E-state index is 12.0. The van der Waals surface area contributed by atoms with Crippen LogP contribution in [0.3, 0.4) is 0 Å². The number of carboxylic acid groups (broad SMARTS) is 1. The summed E-state index contributed by atoms with van der Waals surface area (Å²) in [6.45, 7) is 2.71. The van der Waals surface area contributed by atoms with Gasteiger partial charge in [0.15, 0.2) is 0 Å². The molecule has 0 amide bonds. The van der Waals surface area contributed by atoms with Crippen molar-refractivity contribution in [1.82, 2.24) is 19.9 Å². The summed E-state index contributed by atoms with van der Waals surface area (Å²) in [6.07, 6.45) is 10.8. The Kier molecular flexibility index (Phi) is 8.82. The van der Waals surface area contributed by atoms with Crippen LogP contribution in [0.15, 0.2) is 18.3 Å². The molecule has 4 aliphatic rings. The maximum Gasteiger partial charge on any atom is 0.325 e. The van der Waals surface area contributed by atoms with Gasteiger partial charge in [-0.2, -0.15) is 0 Å². The number of aliphatic carboxylic acids is 1. The number of likely N-dealkylation sites (tertiary alicyclic amines) is 1. The van der Waals surface area contributed by atoms with Gasteiger partial charge in [-0.05, 0) is 95.3 Å². The minimum atomic E-state index is -2.17. The highest BCUT2D eigenvalue weighted by atomic mass is 19.3. The first kappa shape index (κ1) is 26.9. The molecule has 0 spiro atoms. The van der Waals surface area contributed by atoms with Crippen molar-refractivity contribution in [3.8, 4) is 0 Å². The fourth-order valence-electron chi connectivity index (χ4n) is 5.45. The summed E-state index contributed by atoms with van der Waals surface area (Å²) in [7, 11) is 0. The number of unbranched alkanes of at least 4 members (excludes halogenated alkanes) is 1. The molecule has 4 heterocycles. The lowest BCUT2D eigenvalue weighted by Crippen LogP contribution is -2.33. The second-order valence-electron chi connectivity index (χ2n) is 11.1. The molecule has 1 saturated heterocycles. The lowest BCUT2D eigenvalue weighted by Gasteiger charge is -2.25. The van der Waals surface area contributed by atoms with Crippen molar-refractivity contribution in [2.45, 2.75) is 101 Å². The number of nitrogens with one attached hydrogen (secondary N) is 1. The van der Waals surface area contributed by atoms with Gasteiger partial charge in [-0.1, -0.05) is 6.07 Å². The predicted octanol–water partition coefficient (Wildman–Crippen LogP) is 5.87. The Balaban J connectivity index is 0.000000159. The Morgan fingerprint density at radius 2 is 1.82 bits per heavy atom. The number of hydrogen-bond donors (Lipinski definition) is 2. The number of anilines is 1. The largest absolute Gasteiger partial charge is 0.480 e. The summed E-state index contributed by atoms with van der Waals surface area (Å²) in [5, 5.41) is 13.0. The number of aromatic nitrogens is 3. The molecule has 1 unspecified atom stereocenters. The average Bonchev–Trinajstić information content (AvgIpc) is 3.86. The Morgan fingerprint density at radius 3 is 2.50 bits per heavy atom. The van der Waals surface area contributed by atoms with Gasteiger partial charge >= 0.3 is 5.97 Å². The summed E-state index contributed by atoms with van der Waals surface area (Å²) in [4.78, 5) is 27.7. The number of pyridine rings is 1. The number of aryl methyl sites for hydroxylation is 2. The quantitative estimate of drug-likeness (QED) is 0.373. The molecule has 3 fully saturated rings. The number of hydrogen-bond acceptors (Lipinski definition) is 6. The summed E-state index contributed by atoms with van der Waals surface area (Å²) < 4.78 is 23.9. The monoisotopic (exact) mass is 527 g/mol. The lowest BCUT2D eigenvalue weighted by molar-refractivity contribution is -0.143. The van der Waals surface area contributed by atoms with Gasteiger partial charge in [0.2, 0.25) is 6.43 Å². The van der Waals surface area contributed by atoms with Gasteiger partial charge in [0, 0.05) is 42.3 Å². The molecule has 1 atom stereocenters. The van der Waals surface area contributed by atoms with Crippen LogP contribution in [0.1, 0.15) is 110 Å². The van der Waals surface area contributed by atoms with Crippen molar-refractivity contribution < 1.29 is 18.7 Å². The number of fused-ring (bicyclic) bond motifs is 1. The average molecular weight is 528 g/mol. The van der Waals surface area contributed by atoms with Crippen LogP contribution in [-0.4, -0.2) is 57.0 Å².